The fraction of sp³-hybridized carbons (Fsp3) is 0.500. The molecule has 0 aliphatic carbocycles. The molecule has 2 nitrogen and oxygen atoms in total. The smallest absolute Gasteiger partial charge is 0.137 e. The first-order valence-electron chi connectivity index (χ1n) is 5.82. The summed E-state index contributed by atoms with van der Waals surface area (Å²) in [5, 5.41) is 0. The molecule has 1 rings (SSSR count). The molecule has 0 saturated carbocycles. The predicted molar refractivity (Wildman–Crippen MR) is 66.0 cm³/mol. The van der Waals surface area contributed by atoms with Gasteiger partial charge in [0.05, 0.1) is 7.11 Å². The number of ether oxygens (including phenoxy) is 1. The highest BCUT2D eigenvalue weighted by molar-refractivity contribution is 5.81. The lowest BCUT2D eigenvalue weighted by Gasteiger charge is -2.08. The first-order chi connectivity index (χ1) is 7.67. The van der Waals surface area contributed by atoms with Crippen LogP contribution < -0.4 is 4.74 Å². The molecule has 1 aromatic carbocycles. The van der Waals surface area contributed by atoms with Gasteiger partial charge < -0.3 is 4.74 Å². The molecule has 0 amide bonds. The zero-order valence-corrected chi connectivity index (χ0v) is 10.4. The van der Waals surface area contributed by atoms with Crippen LogP contribution in [0.25, 0.3) is 0 Å². The molecule has 16 heavy (non-hydrogen) atoms. The zero-order valence-electron chi connectivity index (χ0n) is 10.4. The Hall–Kier alpha value is -1.31. The number of carbonyl (C=O) groups is 1. The van der Waals surface area contributed by atoms with E-state index in [2.05, 4.69) is 6.92 Å². The minimum Gasteiger partial charge on any atom is -0.496 e. The van der Waals surface area contributed by atoms with Crippen LogP contribution in [-0.4, -0.2) is 12.9 Å². The number of rotatable bonds is 6. The summed E-state index contributed by atoms with van der Waals surface area (Å²) < 4.78 is 5.25. The summed E-state index contributed by atoms with van der Waals surface area (Å²) >= 11 is 0. The van der Waals surface area contributed by atoms with Crippen LogP contribution in [0.1, 0.15) is 37.3 Å². The maximum atomic E-state index is 11.7. The summed E-state index contributed by atoms with van der Waals surface area (Å²) in [7, 11) is 1.64. The minimum absolute atomic E-state index is 0.297. The van der Waals surface area contributed by atoms with E-state index < -0.39 is 0 Å². The molecule has 0 fully saturated rings. The Kier molecular flexibility index (Phi) is 5.03. The van der Waals surface area contributed by atoms with Crippen molar-refractivity contribution in [2.45, 2.75) is 39.5 Å². The van der Waals surface area contributed by atoms with E-state index in [0.29, 0.717) is 18.6 Å². The van der Waals surface area contributed by atoms with Crippen LogP contribution in [0.2, 0.25) is 0 Å². The third kappa shape index (κ3) is 3.69. The first kappa shape index (κ1) is 12.8. The second-order valence-corrected chi connectivity index (χ2v) is 4.13. The minimum atomic E-state index is 0.297. The van der Waals surface area contributed by atoms with Gasteiger partial charge in [-0.15, -0.1) is 0 Å². The van der Waals surface area contributed by atoms with Gasteiger partial charge in [0.25, 0.3) is 0 Å². The third-order valence-electron chi connectivity index (χ3n) is 2.63. The van der Waals surface area contributed by atoms with Crippen molar-refractivity contribution in [1.82, 2.24) is 0 Å². The number of methoxy groups -OCH3 is 1. The molecule has 0 spiro atoms. The Morgan fingerprint density at radius 2 is 2.12 bits per heavy atom. The normalized spacial score (nSPS) is 10.2. The molecule has 0 saturated heterocycles. The number of carbonyl (C=O) groups excluding carboxylic acids is 1. The summed E-state index contributed by atoms with van der Waals surface area (Å²) in [5.74, 6) is 1.11. The highest BCUT2D eigenvalue weighted by Crippen LogP contribution is 2.20. The van der Waals surface area contributed by atoms with Crippen LogP contribution in [0.15, 0.2) is 18.2 Å². The van der Waals surface area contributed by atoms with Crippen molar-refractivity contribution in [3.8, 4) is 5.75 Å². The highest BCUT2D eigenvalue weighted by Gasteiger charge is 2.08. The lowest BCUT2D eigenvalue weighted by Crippen LogP contribution is -2.04. The van der Waals surface area contributed by atoms with Crippen molar-refractivity contribution in [3.63, 3.8) is 0 Å². The fourth-order valence-corrected chi connectivity index (χ4v) is 1.72. The largest absolute Gasteiger partial charge is 0.496 e. The van der Waals surface area contributed by atoms with Gasteiger partial charge in [-0.05, 0) is 19.4 Å². The second kappa shape index (κ2) is 6.31. The number of hydrogen-bond acceptors (Lipinski definition) is 2. The van der Waals surface area contributed by atoms with Crippen molar-refractivity contribution < 1.29 is 9.53 Å². The average Bonchev–Trinajstić information content (AvgIpc) is 2.27. The lowest BCUT2D eigenvalue weighted by atomic mass is 10.0. The molecule has 0 radical (unpaired) electrons. The number of Topliss-reactive ketones (excluding diaryl/α,β-unsaturated/α-hetero) is 1. The van der Waals surface area contributed by atoms with Crippen LogP contribution in [0, 0.1) is 6.92 Å². The quantitative estimate of drug-likeness (QED) is 0.735. The number of benzene rings is 1. The summed E-state index contributed by atoms with van der Waals surface area (Å²) in [6.45, 7) is 4.12. The van der Waals surface area contributed by atoms with E-state index in [4.69, 9.17) is 4.74 Å². The van der Waals surface area contributed by atoms with Gasteiger partial charge >= 0.3 is 0 Å². The number of hydrogen-bond donors (Lipinski definition) is 0. The Morgan fingerprint density at radius 1 is 1.38 bits per heavy atom. The summed E-state index contributed by atoms with van der Waals surface area (Å²) in [6.07, 6.45) is 3.21. The van der Waals surface area contributed by atoms with Crippen molar-refractivity contribution in [3.05, 3.63) is 29.3 Å². The van der Waals surface area contributed by atoms with Crippen molar-refractivity contribution >= 4 is 5.78 Å². The molecule has 0 aromatic heterocycles. The maximum absolute atomic E-state index is 11.7. The van der Waals surface area contributed by atoms with E-state index in [1.54, 1.807) is 7.11 Å². The zero-order chi connectivity index (χ0) is 12.0. The van der Waals surface area contributed by atoms with Crippen molar-refractivity contribution in [2.24, 2.45) is 0 Å². The molecular weight excluding hydrogens is 200 g/mol. The Balaban J connectivity index is 2.71. The Morgan fingerprint density at radius 3 is 2.75 bits per heavy atom. The topological polar surface area (TPSA) is 26.3 Å². The lowest BCUT2D eigenvalue weighted by molar-refractivity contribution is -0.118. The van der Waals surface area contributed by atoms with Gasteiger partial charge in [-0.3, -0.25) is 4.79 Å². The van der Waals surface area contributed by atoms with Crippen LogP contribution in [0.4, 0.5) is 0 Å². The molecule has 2 heteroatoms. The van der Waals surface area contributed by atoms with Crippen molar-refractivity contribution in [1.29, 1.82) is 0 Å². The molecule has 1 aromatic rings. The van der Waals surface area contributed by atoms with E-state index in [0.717, 1.165) is 24.2 Å². The highest BCUT2D eigenvalue weighted by atomic mass is 16.5. The van der Waals surface area contributed by atoms with Crippen LogP contribution >= 0.6 is 0 Å². The van der Waals surface area contributed by atoms with E-state index in [-0.39, 0.29) is 0 Å². The number of unbranched alkanes of at least 4 members (excludes halogenated alkanes) is 1. The van der Waals surface area contributed by atoms with Gasteiger partial charge in [0.15, 0.2) is 0 Å². The van der Waals surface area contributed by atoms with Gasteiger partial charge in [-0.25, -0.2) is 0 Å². The first-order valence-corrected chi connectivity index (χ1v) is 5.82. The fourth-order valence-electron chi connectivity index (χ4n) is 1.72. The van der Waals surface area contributed by atoms with Crippen LogP contribution in [-0.2, 0) is 11.2 Å². The molecule has 0 aliphatic rings. The molecule has 88 valence electrons. The Bertz CT molecular complexity index is 356. The standard InChI is InChI=1S/C14H20O2/c1-4-5-6-13(15)10-12-9-11(2)7-8-14(12)16-3/h7-9H,4-6,10H2,1-3H3. The molecule has 0 heterocycles. The van der Waals surface area contributed by atoms with E-state index in [1.807, 2.05) is 25.1 Å². The predicted octanol–water partition coefficient (Wildman–Crippen LogP) is 3.31. The van der Waals surface area contributed by atoms with Crippen LogP contribution in [0.5, 0.6) is 5.75 Å². The molecule has 0 unspecified atom stereocenters. The average molecular weight is 220 g/mol. The van der Waals surface area contributed by atoms with Gasteiger partial charge in [-0.2, -0.15) is 0 Å². The maximum Gasteiger partial charge on any atom is 0.137 e. The van der Waals surface area contributed by atoms with Crippen molar-refractivity contribution in [2.75, 3.05) is 7.11 Å². The SMILES string of the molecule is CCCCC(=O)Cc1cc(C)ccc1OC. The third-order valence-corrected chi connectivity index (χ3v) is 2.63. The molecular formula is C14H20O2. The van der Waals surface area contributed by atoms with E-state index in [1.165, 1.54) is 5.56 Å². The molecule has 0 bridgehead atoms. The summed E-state index contributed by atoms with van der Waals surface area (Å²) in [4.78, 5) is 11.7. The van der Waals surface area contributed by atoms with Gasteiger partial charge in [0.1, 0.15) is 11.5 Å². The van der Waals surface area contributed by atoms with Gasteiger partial charge in [0.2, 0.25) is 0 Å². The second-order valence-electron chi connectivity index (χ2n) is 4.13. The Labute approximate surface area is 97.6 Å². The number of ketones is 1. The van der Waals surface area contributed by atoms with E-state index in [9.17, 15) is 4.79 Å². The van der Waals surface area contributed by atoms with Crippen LogP contribution in [0.3, 0.4) is 0 Å². The van der Waals surface area contributed by atoms with E-state index >= 15 is 0 Å². The monoisotopic (exact) mass is 220 g/mol. The van der Waals surface area contributed by atoms with Gasteiger partial charge in [0, 0.05) is 18.4 Å². The molecule has 0 atom stereocenters. The molecule has 0 N–H and O–H groups in total. The number of aryl methyl sites for hydroxylation is 1. The molecule has 0 aliphatic heterocycles. The van der Waals surface area contributed by atoms with Gasteiger partial charge in [-0.1, -0.05) is 31.0 Å². The summed E-state index contributed by atoms with van der Waals surface area (Å²) in [5.41, 5.74) is 2.17. The summed E-state index contributed by atoms with van der Waals surface area (Å²) in [6, 6.07) is 5.96.